The molecule has 24 heavy (non-hydrogen) atoms. The van der Waals surface area contributed by atoms with Crippen molar-refractivity contribution in [2.75, 3.05) is 32.8 Å². The molecule has 130 valence electrons. The average Bonchev–Trinajstić information content (AvgIpc) is 3.21. The molecule has 5 heteroatoms. The molecule has 3 saturated heterocycles. The number of rotatable bonds is 3. The monoisotopic (exact) mass is 329 g/mol. The maximum absolute atomic E-state index is 13.2. The van der Waals surface area contributed by atoms with Crippen LogP contribution in [0.1, 0.15) is 37.1 Å². The predicted molar refractivity (Wildman–Crippen MR) is 91.5 cm³/mol. The number of carbonyl (C=O) groups excluding carboxylic acids is 1. The van der Waals surface area contributed by atoms with Gasteiger partial charge in [0.05, 0.1) is 24.3 Å². The highest BCUT2D eigenvalue weighted by atomic mass is 16.5. The molecule has 0 aliphatic carbocycles. The first-order valence-corrected chi connectivity index (χ1v) is 9.20. The van der Waals surface area contributed by atoms with Gasteiger partial charge in [0.2, 0.25) is 5.91 Å². The number of amides is 1. The lowest BCUT2D eigenvalue weighted by atomic mass is 9.78. The Balaban J connectivity index is 1.45. The fourth-order valence-electron chi connectivity index (χ4n) is 4.59. The van der Waals surface area contributed by atoms with Gasteiger partial charge in [-0.25, -0.2) is 0 Å². The number of pyridine rings is 1. The number of nitrogens with zero attached hydrogens (tertiary/aromatic N) is 3. The maximum atomic E-state index is 13.2. The summed E-state index contributed by atoms with van der Waals surface area (Å²) in [6.07, 6.45) is 4.26. The van der Waals surface area contributed by atoms with Gasteiger partial charge in [0.25, 0.3) is 0 Å². The third-order valence-corrected chi connectivity index (χ3v) is 5.93. The molecule has 0 aromatic carbocycles. The van der Waals surface area contributed by atoms with Crippen molar-refractivity contribution in [1.82, 2.24) is 14.8 Å². The number of hydrogen-bond acceptors (Lipinski definition) is 4. The van der Waals surface area contributed by atoms with E-state index in [1.54, 1.807) is 0 Å². The molecule has 4 rings (SSSR count). The first-order valence-electron chi connectivity index (χ1n) is 9.20. The lowest BCUT2D eigenvalue weighted by molar-refractivity contribution is -0.139. The van der Waals surface area contributed by atoms with E-state index in [4.69, 9.17) is 4.74 Å². The Labute approximate surface area is 144 Å². The minimum Gasteiger partial charge on any atom is -0.380 e. The van der Waals surface area contributed by atoms with Crippen LogP contribution in [-0.4, -0.2) is 59.6 Å². The van der Waals surface area contributed by atoms with Crippen molar-refractivity contribution in [3.63, 3.8) is 0 Å². The van der Waals surface area contributed by atoms with Crippen molar-refractivity contribution < 1.29 is 9.53 Å². The van der Waals surface area contributed by atoms with Gasteiger partial charge in [-0.1, -0.05) is 6.07 Å². The summed E-state index contributed by atoms with van der Waals surface area (Å²) in [6, 6.07) is 6.56. The van der Waals surface area contributed by atoms with E-state index < -0.39 is 0 Å². The van der Waals surface area contributed by atoms with Crippen molar-refractivity contribution in [1.29, 1.82) is 0 Å². The van der Waals surface area contributed by atoms with Crippen LogP contribution in [-0.2, 0) is 16.1 Å². The third-order valence-electron chi connectivity index (χ3n) is 5.93. The van der Waals surface area contributed by atoms with Gasteiger partial charge in [0.15, 0.2) is 0 Å². The Hall–Kier alpha value is -1.46. The van der Waals surface area contributed by atoms with E-state index in [-0.39, 0.29) is 5.41 Å². The lowest BCUT2D eigenvalue weighted by Gasteiger charge is -2.41. The minimum atomic E-state index is -0.162. The standard InChI is InChI=1S/C19H27N3O2/c1-15-4-2-5-16(20-15)12-21-10-8-19(18(21)23)7-3-9-22(14-19)17-6-11-24-13-17/h2,4-5,17H,3,6-14H2,1H3/t17-,19+/m1/s1. The first kappa shape index (κ1) is 16.0. The molecule has 3 fully saturated rings. The van der Waals surface area contributed by atoms with E-state index in [1.807, 2.05) is 30.0 Å². The number of piperidine rings is 1. The third kappa shape index (κ3) is 2.95. The van der Waals surface area contributed by atoms with Crippen LogP contribution in [0.25, 0.3) is 0 Å². The molecule has 0 radical (unpaired) electrons. The number of carbonyl (C=O) groups is 1. The molecule has 2 atom stereocenters. The van der Waals surface area contributed by atoms with E-state index in [0.717, 1.165) is 69.9 Å². The number of ether oxygens (including phenoxy) is 1. The molecular formula is C19H27N3O2. The van der Waals surface area contributed by atoms with Crippen LogP contribution in [0.15, 0.2) is 18.2 Å². The number of hydrogen-bond donors (Lipinski definition) is 0. The van der Waals surface area contributed by atoms with Crippen LogP contribution in [0, 0.1) is 12.3 Å². The zero-order valence-electron chi connectivity index (χ0n) is 14.5. The van der Waals surface area contributed by atoms with Crippen molar-refractivity contribution >= 4 is 5.91 Å². The van der Waals surface area contributed by atoms with E-state index in [2.05, 4.69) is 9.88 Å². The van der Waals surface area contributed by atoms with Crippen LogP contribution < -0.4 is 0 Å². The van der Waals surface area contributed by atoms with Crippen LogP contribution >= 0.6 is 0 Å². The van der Waals surface area contributed by atoms with Crippen molar-refractivity contribution in [2.45, 2.75) is 45.2 Å². The smallest absolute Gasteiger partial charge is 0.230 e. The summed E-state index contributed by atoms with van der Waals surface area (Å²) in [4.78, 5) is 22.3. The Morgan fingerprint density at radius 3 is 3.04 bits per heavy atom. The van der Waals surface area contributed by atoms with Gasteiger partial charge in [0, 0.05) is 31.4 Å². The molecule has 0 unspecified atom stereocenters. The normalized spacial score (nSPS) is 31.3. The first-order chi connectivity index (χ1) is 11.7. The Morgan fingerprint density at radius 2 is 2.25 bits per heavy atom. The van der Waals surface area contributed by atoms with Crippen LogP contribution in [0.3, 0.4) is 0 Å². The molecule has 1 spiro atoms. The second kappa shape index (κ2) is 6.45. The van der Waals surface area contributed by atoms with E-state index in [0.29, 0.717) is 18.5 Å². The Bertz CT molecular complexity index is 614. The summed E-state index contributed by atoms with van der Waals surface area (Å²) in [5.41, 5.74) is 1.85. The largest absolute Gasteiger partial charge is 0.380 e. The molecule has 4 heterocycles. The summed E-state index contributed by atoms with van der Waals surface area (Å²) in [7, 11) is 0. The zero-order valence-corrected chi connectivity index (χ0v) is 14.5. The number of likely N-dealkylation sites (tertiary alicyclic amines) is 2. The highest BCUT2D eigenvalue weighted by Gasteiger charge is 2.49. The van der Waals surface area contributed by atoms with Gasteiger partial charge in [0.1, 0.15) is 0 Å². The van der Waals surface area contributed by atoms with E-state index in [9.17, 15) is 4.79 Å². The molecule has 1 aromatic heterocycles. The summed E-state index contributed by atoms with van der Waals surface area (Å²) >= 11 is 0. The molecular weight excluding hydrogens is 302 g/mol. The van der Waals surface area contributed by atoms with Gasteiger partial charge in [-0.3, -0.25) is 14.7 Å². The molecule has 3 aliphatic rings. The summed E-state index contributed by atoms with van der Waals surface area (Å²) < 4.78 is 5.55. The molecule has 3 aliphatic heterocycles. The molecule has 0 N–H and O–H groups in total. The average molecular weight is 329 g/mol. The fourth-order valence-corrected chi connectivity index (χ4v) is 4.59. The SMILES string of the molecule is Cc1cccc(CN2CC[C@]3(CCCN([C@@H]4CCOC4)C3)C2=O)n1. The Kier molecular flexibility index (Phi) is 4.31. The van der Waals surface area contributed by atoms with Crippen molar-refractivity contribution in [3.8, 4) is 0 Å². The van der Waals surface area contributed by atoms with Gasteiger partial charge < -0.3 is 9.64 Å². The van der Waals surface area contributed by atoms with Gasteiger partial charge in [-0.2, -0.15) is 0 Å². The summed E-state index contributed by atoms with van der Waals surface area (Å²) in [5.74, 6) is 0.342. The molecule has 1 amide bonds. The maximum Gasteiger partial charge on any atom is 0.230 e. The van der Waals surface area contributed by atoms with Crippen LogP contribution in [0.5, 0.6) is 0 Å². The van der Waals surface area contributed by atoms with Gasteiger partial charge >= 0.3 is 0 Å². The summed E-state index contributed by atoms with van der Waals surface area (Å²) in [5, 5.41) is 0. The van der Waals surface area contributed by atoms with Gasteiger partial charge in [-0.15, -0.1) is 0 Å². The van der Waals surface area contributed by atoms with E-state index in [1.165, 1.54) is 0 Å². The molecule has 0 saturated carbocycles. The zero-order chi connectivity index (χ0) is 16.6. The topological polar surface area (TPSA) is 45.7 Å². The molecule has 5 nitrogen and oxygen atoms in total. The van der Waals surface area contributed by atoms with E-state index >= 15 is 0 Å². The highest BCUT2D eigenvalue weighted by molar-refractivity contribution is 5.85. The second-order valence-electron chi connectivity index (χ2n) is 7.62. The lowest BCUT2D eigenvalue weighted by Crippen LogP contribution is -2.51. The number of aryl methyl sites for hydroxylation is 1. The van der Waals surface area contributed by atoms with Crippen molar-refractivity contribution in [2.24, 2.45) is 5.41 Å². The minimum absolute atomic E-state index is 0.162. The van der Waals surface area contributed by atoms with Crippen LogP contribution in [0.2, 0.25) is 0 Å². The number of aromatic nitrogens is 1. The predicted octanol–water partition coefficient (Wildman–Crippen LogP) is 1.99. The van der Waals surface area contributed by atoms with Gasteiger partial charge in [-0.05, 0) is 51.3 Å². The van der Waals surface area contributed by atoms with Crippen LogP contribution in [0.4, 0.5) is 0 Å². The quantitative estimate of drug-likeness (QED) is 0.851. The molecule has 1 aromatic rings. The highest BCUT2D eigenvalue weighted by Crippen LogP contribution is 2.41. The summed E-state index contributed by atoms with van der Waals surface area (Å²) in [6.45, 7) is 7.24. The van der Waals surface area contributed by atoms with Crippen molar-refractivity contribution in [3.05, 3.63) is 29.6 Å². The fraction of sp³-hybridized carbons (Fsp3) is 0.684. The molecule has 0 bridgehead atoms. The Morgan fingerprint density at radius 1 is 1.33 bits per heavy atom. The second-order valence-corrected chi connectivity index (χ2v) is 7.62.